The van der Waals surface area contributed by atoms with Crippen LogP contribution in [0.3, 0.4) is 0 Å². The Morgan fingerprint density at radius 2 is 1.86 bits per heavy atom. The van der Waals surface area contributed by atoms with Gasteiger partial charge in [-0.05, 0) is 41.0 Å². The molecule has 3 heteroatoms. The lowest BCUT2D eigenvalue weighted by Gasteiger charge is -2.35. The lowest BCUT2D eigenvalue weighted by molar-refractivity contribution is 0.174. The van der Waals surface area contributed by atoms with Crippen molar-refractivity contribution in [1.29, 1.82) is 0 Å². The number of rotatable bonds is 4. The quantitative estimate of drug-likeness (QED) is 0.846. The van der Waals surface area contributed by atoms with Crippen molar-refractivity contribution in [3.05, 3.63) is 54.6 Å². The summed E-state index contributed by atoms with van der Waals surface area (Å²) in [6.07, 6.45) is 2.97. The van der Waals surface area contributed by atoms with E-state index >= 15 is 0 Å². The second-order valence-electron chi connectivity index (χ2n) is 5.62. The van der Waals surface area contributed by atoms with Crippen molar-refractivity contribution in [2.45, 2.75) is 12.5 Å². The maximum Gasteiger partial charge on any atom is 0.116 e. The summed E-state index contributed by atoms with van der Waals surface area (Å²) in [7, 11) is 0. The van der Waals surface area contributed by atoms with Gasteiger partial charge in [0.15, 0.2) is 0 Å². The number of phenols is 1. The van der Waals surface area contributed by atoms with Gasteiger partial charge in [-0.15, -0.1) is 6.58 Å². The monoisotopic (exact) mass is 282 g/mol. The highest BCUT2D eigenvalue weighted by atomic mass is 16.3. The van der Waals surface area contributed by atoms with E-state index in [1.54, 1.807) is 6.07 Å². The van der Waals surface area contributed by atoms with Gasteiger partial charge in [-0.3, -0.25) is 4.90 Å². The van der Waals surface area contributed by atoms with Crippen LogP contribution >= 0.6 is 0 Å². The van der Waals surface area contributed by atoms with Crippen LogP contribution in [0.5, 0.6) is 5.75 Å². The molecule has 1 atom stereocenters. The first-order chi connectivity index (χ1) is 10.3. The number of piperazine rings is 1. The molecule has 0 unspecified atom stereocenters. The van der Waals surface area contributed by atoms with Crippen molar-refractivity contribution in [2.24, 2.45) is 0 Å². The number of nitrogens with zero attached hydrogens (tertiary/aromatic N) is 1. The molecular formula is C18H22N2O. The molecule has 110 valence electrons. The van der Waals surface area contributed by atoms with Gasteiger partial charge in [-0.1, -0.05) is 24.3 Å². The topological polar surface area (TPSA) is 35.5 Å². The zero-order chi connectivity index (χ0) is 14.7. The Morgan fingerprint density at radius 3 is 2.62 bits per heavy atom. The standard InChI is InChI=1S/C18H22N2O/c1-2-3-18(20-10-8-19-9-11-20)16-5-4-15-13-17(21)7-6-14(15)12-16/h2,4-7,12-13,18-19,21H,1,3,8-11H2/t18-/m1/s1. The highest BCUT2D eigenvalue weighted by Crippen LogP contribution is 2.29. The molecule has 0 aromatic heterocycles. The normalized spacial score (nSPS) is 17.7. The average molecular weight is 282 g/mol. The van der Waals surface area contributed by atoms with Crippen molar-refractivity contribution in [3.8, 4) is 5.75 Å². The number of benzene rings is 2. The second-order valence-corrected chi connectivity index (χ2v) is 5.62. The van der Waals surface area contributed by atoms with E-state index in [1.165, 1.54) is 10.9 Å². The van der Waals surface area contributed by atoms with Crippen LogP contribution in [0.4, 0.5) is 0 Å². The smallest absolute Gasteiger partial charge is 0.116 e. The SMILES string of the molecule is C=CC[C@H](c1ccc2cc(O)ccc2c1)N1CCNCC1. The number of aromatic hydroxyl groups is 1. The van der Waals surface area contributed by atoms with E-state index in [-0.39, 0.29) is 0 Å². The molecule has 1 heterocycles. The molecule has 0 bridgehead atoms. The van der Waals surface area contributed by atoms with E-state index < -0.39 is 0 Å². The van der Waals surface area contributed by atoms with Gasteiger partial charge < -0.3 is 10.4 Å². The van der Waals surface area contributed by atoms with Crippen LogP contribution in [0.25, 0.3) is 10.8 Å². The van der Waals surface area contributed by atoms with Crippen molar-refractivity contribution in [1.82, 2.24) is 10.2 Å². The molecule has 0 amide bonds. The largest absolute Gasteiger partial charge is 0.508 e. The summed E-state index contributed by atoms with van der Waals surface area (Å²) in [6, 6.07) is 12.5. The highest BCUT2D eigenvalue weighted by molar-refractivity contribution is 5.84. The van der Waals surface area contributed by atoms with Crippen molar-refractivity contribution >= 4 is 10.8 Å². The number of phenolic OH excluding ortho intramolecular Hbond substituents is 1. The third-order valence-corrected chi connectivity index (χ3v) is 4.21. The molecular weight excluding hydrogens is 260 g/mol. The van der Waals surface area contributed by atoms with Crippen LogP contribution in [0, 0.1) is 0 Å². The Hall–Kier alpha value is -1.84. The van der Waals surface area contributed by atoms with Crippen LogP contribution in [0.2, 0.25) is 0 Å². The molecule has 1 aliphatic rings. The summed E-state index contributed by atoms with van der Waals surface area (Å²) in [5.74, 6) is 0.319. The summed E-state index contributed by atoms with van der Waals surface area (Å²) in [5.41, 5.74) is 1.33. The predicted octanol–water partition coefficient (Wildman–Crippen LogP) is 3.07. The lowest BCUT2D eigenvalue weighted by Crippen LogP contribution is -2.45. The first-order valence-electron chi connectivity index (χ1n) is 7.56. The van der Waals surface area contributed by atoms with E-state index in [0.29, 0.717) is 11.8 Å². The highest BCUT2D eigenvalue weighted by Gasteiger charge is 2.21. The van der Waals surface area contributed by atoms with Crippen LogP contribution in [0.15, 0.2) is 49.1 Å². The minimum atomic E-state index is 0.319. The van der Waals surface area contributed by atoms with Gasteiger partial charge in [-0.2, -0.15) is 0 Å². The minimum absolute atomic E-state index is 0.319. The third kappa shape index (κ3) is 3.09. The summed E-state index contributed by atoms with van der Waals surface area (Å²) in [4.78, 5) is 2.53. The van der Waals surface area contributed by atoms with Gasteiger partial charge in [0.25, 0.3) is 0 Å². The first-order valence-corrected chi connectivity index (χ1v) is 7.56. The lowest BCUT2D eigenvalue weighted by atomic mass is 9.98. The number of hydrogen-bond donors (Lipinski definition) is 2. The molecule has 3 nitrogen and oxygen atoms in total. The van der Waals surface area contributed by atoms with Gasteiger partial charge in [-0.25, -0.2) is 0 Å². The molecule has 2 aromatic carbocycles. The van der Waals surface area contributed by atoms with Crippen molar-refractivity contribution in [2.75, 3.05) is 26.2 Å². The van der Waals surface area contributed by atoms with E-state index in [4.69, 9.17) is 0 Å². The molecule has 0 spiro atoms. The zero-order valence-corrected chi connectivity index (χ0v) is 12.3. The molecule has 0 saturated carbocycles. The Kier molecular flexibility index (Phi) is 4.23. The first kappa shape index (κ1) is 14.1. The predicted molar refractivity (Wildman–Crippen MR) is 87.6 cm³/mol. The minimum Gasteiger partial charge on any atom is -0.508 e. The fraction of sp³-hybridized carbons (Fsp3) is 0.333. The van der Waals surface area contributed by atoms with Crippen LogP contribution in [-0.2, 0) is 0 Å². The number of fused-ring (bicyclic) bond motifs is 1. The van der Waals surface area contributed by atoms with E-state index in [1.807, 2.05) is 18.2 Å². The summed E-state index contributed by atoms with van der Waals surface area (Å²) >= 11 is 0. The van der Waals surface area contributed by atoms with Gasteiger partial charge >= 0.3 is 0 Å². The second kappa shape index (κ2) is 6.29. The summed E-state index contributed by atoms with van der Waals surface area (Å²) in [6.45, 7) is 8.17. The molecule has 3 rings (SSSR count). The Morgan fingerprint density at radius 1 is 1.14 bits per heavy atom. The van der Waals surface area contributed by atoms with Crippen molar-refractivity contribution in [3.63, 3.8) is 0 Å². The van der Waals surface area contributed by atoms with Gasteiger partial charge in [0.05, 0.1) is 0 Å². The average Bonchev–Trinajstić information content (AvgIpc) is 2.53. The number of nitrogens with one attached hydrogen (secondary N) is 1. The maximum absolute atomic E-state index is 9.57. The van der Waals surface area contributed by atoms with Gasteiger partial charge in [0, 0.05) is 32.2 Å². The van der Waals surface area contributed by atoms with Crippen molar-refractivity contribution < 1.29 is 5.11 Å². The third-order valence-electron chi connectivity index (χ3n) is 4.21. The summed E-state index contributed by atoms with van der Waals surface area (Å²) in [5, 5.41) is 15.2. The molecule has 1 aliphatic heterocycles. The fourth-order valence-electron chi connectivity index (χ4n) is 3.11. The summed E-state index contributed by atoms with van der Waals surface area (Å²) < 4.78 is 0. The van der Waals surface area contributed by atoms with Crippen LogP contribution < -0.4 is 5.32 Å². The van der Waals surface area contributed by atoms with E-state index in [0.717, 1.165) is 38.0 Å². The Balaban J connectivity index is 1.94. The molecule has 0 aliphatic carbocycles. The number of hydrogen-bond acceptors (Lipinski definition) is 3. The van der Waals surface area contributed by atoms with E-state index in [2.05, 4.69) is 35.0 Å². The van der Waals surface area contributed by atoms with Gasteiger partial charge in [0.2, 0.25) is 0 Å². The molecule has 2 N–H and O–H groups in total. The molecule has 1 saturated heterocycles. The van der Waals surface area contributed by atoms with Gasteiger partial charge in [0.1, 0.15) is 5.75 Å². The Labute approximate surface area is 125 Å². The molecule has 21 heavy (non-hydrogen) atoms. The molecule has 1 fully saturated rings. The maximum atomic E-state index is 9.57. The Bertz CT molecular complexity index is 632. The van der Waals surface area contributed by atoms with E-state index in [9.17, 15) is 5.11 Å². The van der Waals surface area contributed by atoms with Crippen LogP contribution in [-0.4, -0.2) is 36.2 Å². The van der Waals surface area contributed by atoms with Crippen LogP contribution in [0.1, 0.15) is 18.0 Å². The molecule has 0 radical (unpaired) electrons. The fourth-order valence-corrected chi connectivity index (χ4v) is 3.11. The zero-order valence-electron chi connectivity index (χ0n) is 12.3. The molecule has 2 aromatic rings.